The zero-order valence-corrected chi connectivity index (χ0v) is 40.4. The van der Waals surface area contributed by atoms with Crippen LogP contribution in [0.1, 0.15) is 112 Å². The molecule has 0 aromatic heterocycles. The lowest BCUT2D eigenvalue weighted by molar-refractivity contribution is -0.302. The molecule has 4 aliphatic rings. The van der Waals surface area contributed by atoms with Crippen LogP contribution in [-0.4, -0.2) is 129 Å². The molecule has 0 aromatic carbocycles. The Hall–Kier alpha value is -1.68. The Morgan fingerprint density at radius 2 is 1.65 bits per heavy atom. The largest absolute Gasteiger partial charge is 0.460 e. The number of ketones is 1. The molecule has 2 N–H and O–H groups in total. The monoisotopic (exact) mass is 884 g/mol. The summed E-state index contributed by atoms with van der Waals surface area (Å²) >= 11 is 6.60. The van der Waals surface area contributed by atoms with Gasteiger partial charge in [0.1, 0.15) is 18.2 Å². The molecule has 3 heterocycles. The van der Waals surface area contributed by atoms with Gasteiger partial charge in [0.05, 0.1) is 35.9 Å². The van der Waals surface area contributed by atoms with Crippen LogP contribution >= 0.6 is 11.6 Å². The van der Waals surface area contributed by atoms with E-state index in [0.29, 0.717) is 32.1 Å². The maximum Gasteiger partial charge on any atom is 0.329 e. The Balaban J connectivity index is 1.79. The second kappa shape index (κ2) is 22.3. The summed E-state index contributed by atoms with van der Waals surface area (Å²) < 4.78 is 37.3. The first kappa shape index (κ1) is 51.0. The van der Waals surface area contributed by atoms with Crippen LogP contribution in [0, 0.1) is 29.6 Å². The van der Waals surface area contributed by atoms with E-state index in [0.717, 1.165) is 30.4 Å². The number of esters is 1. The molecule has 60 heavy (non-hydrogen) atoms. The molecule has 1 amide bonds. The van der Waals surface area contributed by atoms with E-state index < -0.39 is 86.3 Å². The SMILES string of the molecule is CC[C@@H]1/C=C(\C)C[C@H](C)C[C@H](OC)[C@H]2O[C@@](O)(C(=O)C(=O)N3CCCC[C@H]3C(=O)O[C@H]([C@H](C)[C@@H](O[Si](C)(C)C)/C(C)=C/[C@H]3CC[C@@H](Cl)[C@@H](OC)C3)CC1O)[C@H](C)C[C@@H]2OC. The molecule has 1 saturated carbocycles. The predicted octanol–water partition coefficient (Wildman–Crippen LogP) is 7.37. The Labute approximate surface area is 366 Å². The van der Waals surface area contributed by atoms with E-state index in [9.17, 15) is 24.6 Å². The Kier molecular flexibility index (Phi) is 18.9. The van der Waals surface area contributed by atoms with Crippen LogP contribution in [0.4, 0.5) is 0 Å². The number of alkyl halides is 1. The first-order valence-electron chi connectivity index (χ1n) is 22.6. The first-order valence-corrected chi connectivity index (χ1v) is 26.4. The number of ether oxygens (including phenoxy) is 5. The highest BCUT2D eigenvalue weighted by Gasteiger charge is 2.56. The molecule has 15 atom stereocenters. The second-order valence-electron chi connectivity index (χ2n) is 19.5. The number of methoxy groups -OCH3 is 3. The van der Waals surface area contributed by atoms with Gasteiger partial charge in [-0.15, -0.1) is 11.6 Å². The standard InChI is InChI=1S/C46H78ClNO11Si/c1-13-33-21-27(2)20-28(3)22-39(55-8)42-40(56-9)24-30(5)46(53,58-42)43(50)44(51)48-19-15-14-16-35(48)45(52)57-37(26-36(33)49)31(6)41(59-60(10,11)12)29(4)23-32-17-18-34(47)38(25-32)54-7/h21,23,28,30-42,49,53H,13-20,22,24-26H2,1-12H3/b27-21+,29-23+/t28-,30+,31-,32+,33+,34+,35-,36?,37-,38-,39-,40-,41-,42+,46+/m0/s1. The molecular weight excluding hydrogens is 806 g/mol. The minimum Gasteiger partial charge on any atom is -0.460 e. The third-order valence-electron chi connectivity index (χ3n) is 13.5. The number of allylic oxidation sites excluding steroid dienone is 2. The van der Waals surface area contributed by atoms with Gasteiger partial charge in [0, 0.05) is 52.0 Å². The van der Waals surface area contributed by atoms with Crippen molar-refractivity contribution in [2.45, 2.75) is 192 Å². The molecule has 3 fully saturated rings. The molecule has 0 radical (unpaired) electrons. The molecule has 0 aromatic rings. The van der Waals surface area contributed by atoms with Crippen LogP contribution in [0.3, 0.4) is 0 Å². The molecule has 14 heteroatoms. The smallest absolute Gasteiger partial charge is 0.329 e. The van der Waals surface area contributed by atoms with Crippen molar-refractivity contribution in [3.05, 3.63) is 23.3 Å². The highest BCUT2D eigenvalue weighted by molar-refractivity contribution is 6.69. The summed E-state index contributed by atoms with van der Waals surface area (Å²) in [5.41, 5.74) is 2.12. The van der Waals surface area contributed by atoms with Gasteiger partial charge in [0.25, 0.3) is 11.7 Å². The van der Waals surface area contributed by atoms with E-state index in [1.165, 1.54) is 4.90 Å². The minimum atomic E-state index is -2.46. The molecule has 4 rings (SSSR count). The maximum absolute atomic E-state index is 14.6. The summed E-state index contributed by atoms with van der Waals surface area (Å²) in [6, 6.07) is -1.07. The lowest BCUT2D eigenvalue weighted by atomic mass is 9.81. The zero-order valence-electron chi connectivity index (χ0n) is 38.6. The van der Waals surface area contributed by atoms with E-state index in [1.54, 1.807) is 28.3 Å². The Bertz CT molecular complexity index is 1500. The number of carbonyl (C=O) groups excluding carboxylic acids is 3. The second-order valence-corrected chi connectivity index (χ2v) is 24.5. The molecule has 3 aliphatic heterocycles. The van der Waals surface area contributed by atoms with Gasteiger partial charge in [-0.05, 0) is 115 Å². The van der Waals surface area contributed by atoms with Gasteiger partial charge in [0.15, 0.2) is 8.32 Å². The van der Waals surface area contributed by atoms with Gasteiger partial charge in [-0.2, -0.15) is 0 Å². The van der Waals surface area contributed by atoms with E-state index in [-0.39, 0.29) is 55.0 Å². The van der Waals surface area contributed by atoms with Crippen molar-refractivity contribution >= 4 is 37.6 Å². The van der Waals surface area contributed by atoms with Crippen molar-refractivity contribution in [3.8, 4) is 0 Å². The quantitative estimate of drug-likeness (QED) is 0.0745. The summed E-state index contributed by atoms with van der Waals surface area (Å²) in [7, 11) is 2.64. The topological polar surface area (TPSA) is 150 Å². The molecule has 0 spiro atoms. The highest BCUT2D eigenvalue weighted by Crippen LogP contribution is 2.40. The summed E-state index contributed by atoms with van der Waals surface area (Å²) in [6.45, 7) is 18.5. The zero-order chi connectivity index (χ0) is 44.7. The molecule has 2 saturated heterocycles. The fourth-order valence-corrected chi connectivity index (χ4v) is 11.6. The molecule has 344 valence electrons. The van der Waals surface area contributed by atoms with Crippen LogP contribution in [0.25, 0.3) is 0 Å². The number of rotatable bonds is 10. The number of piperidine rings is 1. The van der Waals surface area contributed by atoms with E-state index >= 15 is 0 Å². The van der Waals surface area contributed by atoms with Crippen molar-refractivity contribution in [3.63, 3.8) is 0 Å². The maximum atomic E-state index is 14.6. The number of halogens is 1. The van der Waals surface area contributed by atoms with Crippen molar-refractivity contribution in [2.75, 3.05) is 27.9 Å². The van der Waals surface area contributed by atoms with Gasteiger partial charge < -0.3 is 43.2 Å². The molecule has 12 nitrogen and oxygen atoms in total. The third-order valence-corrected chi connectivity index (χ3v) is 15.0. The number of nitrogens with zero attached hydrogens (tertiary/aromatic N) is 1. The Morgan fingerprint density at radius 1 is 1.00 bits per heavy atom. The summed E-state index contributed by atoms with van der Waals surface area (Å²) in [4.78, 5) is 44.5. The average Bonchev–Trinajstić information content (AvgIpc) is 3.20. The van der Waals surface area contributed by atoms with Crippen LogP contribution in [0.5, 0.6) is 0 Å². The minimum absolute atomic E-state index is 0.0388. The molecule has 2 bridgehead atoms. The number of amides is 1. The van der Waals surface area contributed by atoms with Crippen molar-refractivity contribution in [2.24, 2.45) is 29.6 Å². The van der Waals surface area contributed by atoms with E-state index in [2.05, 4.69) is 52.6 Å². The van der Waals surface area contributed by atoms with Crippen molar-refractivity contribution in [1.82, 2.24) is 4.90 Å². The highest BCUT2D eigenvalue weighted by atomic mass is 35.5. The van der Waals surface area contributed by atoms with Crippen LogP contribution in [0.15, 0.2) is 23.3 Å². The number of aliphatic hydroxyl groups excluding tert-OH is 1. The number of hydrogen-bond acceptors (Lipinski definition) is 11. The normalized spacial score (nSPS) is 39.3. The van der Waals surface area contributed by atoms with E-state index in [1.807, 2.05) is 13.8 Å². The number of Topliss-reactive ketones (excluding diaryl/α,β-unsaturated/α-hetero) is 1. The Morgan fingerprint density at radius 3 is 2.27 bits per heavy atom. The van der Waals surface area contributed by atoms with Gasteiger partial charge in [-0.25, -0.2) is 4.79 Å². The number of cyclic esters (lactones) is 1. The van der Waals surface area contributed by atoms with E-state index in [4.69, 9.17) is 39.7 Å². The average molecular weight is 885 g/mol. The first-order chi connectivity index (χ1) is 28.2. The molecule has 1 unspecified atom stereocenters. The van der Waals surface area contributed by atoms with Crippen molar-refractivity contribution < 1.29 is 52.7 Å². The predicted molar refractivity (Wildman–Crippen MR) is 235 cm³/mol. The fraction of sp³-hybridized carbons (Fsp3) is 0.848. The van der Waals surface area contributed by atoms with Crippen LogP contribution < -0.4 is 0 Å². The third kappa shape index (κ3) is 12.7. The number of hydrogen-bond donors (Lipinski definition) is 2. The van der Waals surface area contributed by atoms with Crippen LogP contribution in [-0.2, 0) is 42.5 Å². The number of carbonyl (C=O) groups is 3. The lowest BCUT2D eigenvalue weighted by Crippen LogP contribution is -2.64. The summed E-state index contributed by atoms with van der Waals surface area (Å²) in [5.74, 6) is -6.32. The summed E-state index contributed by atoms with van der Waals surface area (Å²) in [5, 5.41) is 24.1. The molecule has 1 aliphatic carbocycles. The van der Waals surface area contributed by atoms with Crippen LogP contribution in [0.2, 0.25) is 19.6 Å². The van der Waals surface area contributed by atoms with Gasteiger partial charge in [-0.3, -0.25) is 9.59 Å². The summed E-state index contributed by atoms with van der Waals surface area (Å²) in [6.07, 6.45) is 6.67. The fourth-order valence-electron chi connectivity index (χ4n) is 10.1. The lowest BCUT2D eigenvalue weighted by Gasteiger charge is -2.47. The van der Waals surface area contributed by atoms with Gasteiger partial charge >= 0.3 is 5.97 Å². The molecular formula is C46H78ClNO11Si. The number of aliphatic hydroxyl groups is 2. The van der Waals surface area contributed by atoms with Crippen molar-refractivity contribution in [1.29, 1.82) is 0 Å². The van der Waals surface area contributed by atoms with Gasteiger partial charge in [-0.1, -0.05) is 45.4 Å². The number of fused-ring (bicyclic) bond motifs is 3. The van der Waals surface area contributed by atoms with Gasteiger partial charge in [0.2, 0.25) is 5.79 Å².